The largest absolute Gasteiger partial charge is 0.393 e. The standard InChI is InChI=1S/C23H30O2/c1-19(2)23(25,17-15-21-11-7-4-8-12-21)18-16-22(24)14-13-20-9-5-3-6-10-20/h3-12,22,24-25H,1,13-18H2,2H3. The molecule has 0 radical (unpaired) electrons. The maximum atomic E-state index is 11.0. The van der Waals surface area contributed by atoms with Crippen LogP contribution in [0.3, 0.4) is 0 Å². The molecule has 0 aliphatic rings. The van der Waals surface area contributed by atoms with Crippen molar-refractivity contribution in [1.82, 2.24) is 0 Å². The third kappa shape index (κ3) is 6.49. The van der Waals surface area contributed by atoms with Gasteiger partial charge in [-0.25, -0.2) is 0 Å². The Kier molecular flexibility index (Phi) is 7.42. The zero-order chi connectivity index (χ0) is 18.1. The molecule has 2 atom stereocenters. The van der Waals surface area contributed by atoms with Gasteiger partial charge in [0.1, 0.15) is 0 Å². The molecule has 0 spiro atoms. The minimum Gasteiger partial charge on any atom is -0.393 e. The Morgan fingerprint density at radius 2 is 1.40 bits per heavy atom. The summed E-state index contributed by atoms with van der Waals surface area (Å²) in [6.45, 7) is 5.86. The predicted octanol–water partition coefficient (Wildman–Crippen LogP) is 4.70. The van der Waals surface area contributed by atoms with Crippen molar-refractivity contribution in [2.45, 2.75) is 57.2 Å². The van der Waals surface area contributed by atoms with E-state index >= 15 is 0 Å². The van der Waals surface area contributed by atoms with Crippen LogP contribution in [0.2, 0.25) is 0 Å². The maximum Gasteiger partial charge on any atom is 0.0855 e. The van der Waals surface area contributed by atoms with Gasteiger partial charge in [-0.1, -0.05) is 67.2 Å². The van der Waals surface area contributed by atoms with Gasteiger partial charge < -0.3 is 10.2 Å². The molecule has 2 heteroatoms. The fraction of sp³-hybridized carbons (Fsp3) is 0.391. The zero-order valence-corrected chi connectivity index (χ0v) is 15.2. The van der Waals surface area contributed by atoms with E-state index in [0.29, 0.717) is 19.3 Å². The monoisotopic (exact) mass is 338 g/mol. The molecule has 2 rings (SSSR count). The minimum absolute atomic E-state index is 0.400. The molecule has 0 amide bonds. The molecule has 2 unspecified atom stereocenters. The lowest BCUT2D eigenvalue weighted by atomic mass is 9.83. The van der Waals surface area contributed by atoms with Crippen molar-refractivity contribution in [2.75, 3.05) is 0 Å². The van der Waals surface area contributed by atoms with Gasteiger partial charge in [-0.3, -0.25) is 0 Å². The van der Waals surface area contributed by atoms with Gasteiger partial charge in [0, 0.05) is 0 Å². The Balaban J connectivity index is 1.82. The molecule has 2 aromatic carbocycles. The number of aliphatic hydroxyl groups is 2. The molecule has 0 saturated carbocycles. The molecule has 2 aromatic rings. The second-order valence-electron chi connectivity index (χ2n) is 7.01. The van der Waals surface area contributed by atoms with Crippen molar-refractivity contribution in [3.05, 3.63) is 83.9 Å². The highest BCUT2D eigenvalue weighted by Crippen LogP contribution is 2.28. The normalized spacial score (nSPS) is 14.7. The number of hydrogen-bond donors (Lipinski definition) is 2. The van der Waals surface area contributed by atoms with Crippen molar-refractivity contribution >= 4 is 0 Å². The van der Waals surface area contributed by atoms with Crippen molar-refractivity contribution in [3.8, 4) is 0 Å². The summed E-state index contributed by atoms with van der Waals surface area (Å²) in [6, 6.07) is 20.4. The van der Waals surface area contributed by atoms with E-state index in [1.807, 2.05) is 43.3 Å². The quantitative estimate of drug-likeness (QED) is 0.616. The summed E-state index contributed by atoms with van der Waals surface area (Å²) >= 11 is 0. The lowest BCUT2D eigenvalue weighted by Crippen LogP contribution is -2.32. The van der Waals surface area contributed by atoms with Crippen molar-refractivity contribution in [3.63, 3.8) is 0 Å². The van der Waals surface area contributed by atoms with Gasteiger partial charge in [0.25, 0.3) is 0 Å². The van der Waals surface area contributed by atoms with Gasteiger partial charge in [0.2, 0.25) is 0 Å². The van der Waals surface area contributed by atoms with Crippen LogP contribution in [0.25, 0.3) is 0 Å². The molecule has 2 nitrogen and oxygen atoms in total. The lowest BCUT2D eigenvalue weighted by molar-refractivity contribution is 0.0393. The fourth-order valence-electron chi connectivity index (χ4n) is 3.08. The maximum absolute atomic E-state index is 11.0. The molecular weight excluding hydrogens is 308 g/mol. The first-order valence-corrected chi connectivity index (χ1v) is 9.14. The predicted molar refractivity (Wildman–Crippen MR) is 105 cm³/mol. The van der Waals surface area contributed by atoms with Gasteiger partial charge in [-0.05, 0) is 62.1 Å². The fourth-order valence-corrected chi connectivity index (χ4v) is 3.08. The smallest absolute Gasteiger partial charge is 0.0855 e. The van der Waals surface area contributed by atoms with E-state index in [-0.39, 0.29) is 0 Å². The van der Waals surface area contributed by atoms with Gasteiger partial charge in [-0.15, -0.1) is 0 Å². The summed E-state index contributed by atoms with van der Waals surface area (Å²) in [6.07, 6.45) is 3.76. The first-order valence-electron chi connectivity index (χ1n) is 9.14. The second kappa shape index (κ2) is 9.55. The number of aryl methyl sites for hydroxylation is 2. The zero-order valence-electron chi connectivity index (χ0n) is 15.2. The van der Waals surface area contributed by atoms with Crippen LogP contribution in [0.5, 0.6) is 0 Å². The van der Waals surface area contributed by atoms with Crippen LogP contribution < -0.4 is 0 Å². The van der Waals surface area contributed by atoms with Crippen LogP contribution in [0.1, 0.15) is 43.7 Å². The van der Waals surface area contributed by atoms with E-state index in [4.69, 9.17) is 0 Å². The molecule has 0 aliphatic heterocycles. The highest BCUT2D eigenvalue weighted by Gasteiger charge is 2.28. The van der Waals surface area contributed by atoms with Crippen LogP contribution in [0, 0.1) is 0 Å². The van der Waals surface area contributed by atoms with Gasteiger partial charge >= 0.3 is 0 Å². The molecule has 0 bridgehead atoms. The lowest BCUT2D eigenvalue weighted by Gasteiger charge is -2.30. The average Bonchev–Trinajstić information content (AvgIpc) is 2.64. The van der Waals surface area contributed by atoms with Crippen LogP contribution in [-0.4, -0.2) is 21.9 Å². The van der Waals surface area contributed by atoms with Crippen molar-refractivity contribution in [1.29, 1.82) is 0 Å². The molecule has 2 N–H and O–H groups in total. The second-order valence-corrected chi connectivity index (χ2v) is 7.01. The molecule has 134 valence electrons. The number of aliphatic hydroxyl groups excluding tert-OH is 1. The Hall–Kier alpha value is -1.90. The molecule has 0 aromatic heterocycles. The van der Waals surface area contributed by atoms with E-state index in [1.165, 1.54) is 11.1 Å². The molecule has 0 heterocycles. The molecular formula is C23H30O2. The van der Waals surface area contributed by atoms with Crippen LogP contribution >= 0.6 is 0 Å². The third-order valence-electron chi connectivity index (χ3n) is 4.96. The van der Waals surface area contributed by atoms with Crippen LogP contribution in [0.4, 0.5) is 0 Å². The summed E-state index contributed by atoms with van der Waals surface area (Å²) in [5, 5.41) is 21.3. The van der Waals surface area contributed by atoms with E-state index in [2.05, 4.69) is 30.8 Å². The third-order valence-corrected chi connectivity index (χ3v) is 4.96. The summed E-state index contributed by atoms with van der Waals surface area (Å²) in [4.78, 5) is 0. The number of hydrogen-bond acceptors (Lipinski definition) is 2. The van der Waals surface area contributed by atoms with E-state index in [1.54, 1.807) is 0 Å². The molecule has 0 saturated heterocycles. The Labute approximate surface area is 151 Å². The van der Waals surface area contributed by atoms with Crippen molar-refractivity contribution in [2.24, 2.45) is 0 Å². The van der Waals surface area contributed by atoms with E-state index in [0.717, 1.165) is 24.8 Å². The van der Waals surface area contributed by atoms with Gasteiger partial charge in [0.05, 0.1) is 11.7 Å². The Morgan fingerprint density at radius 3 is 1.92 bits per heavy atom. The van der Waals surface area contributed by atoms with E-state index in [9.17, 15) is 10.2 Å². The van der Waals surface area contributed by atoms with E-state index < -0.39 is 11.7 Å². The van der Waals surface area contributed by atoms with Gasteiger partial charge in [0.15, 0.2) is 0 Å². The Bertz CT molecular complexity index is 636. The van der Waals surface area contributed by atoms with Crippen molar-refractivity contribution < 1.29 is 10.2 Å². The molecule has 0 aliphatic carbocycles. The first-order chi connectivity index (χ1) is 12.0. The first kappa shape index (κ1) is 19.4. The summed E-state index contributed by atoms with van der Waals surface area (Å²) in [7, 11) is 0. The SMILES string of the molecule is C=C(C)C(O)(CCc1ccccc1)CCC(O)CCc1ccccc1. The highest BCUT2D eigenvalue weighted by molar-refractivity contribution is 5.18. The Morgan fingerprint density at radius 1 is 0.880 bits per heavy atom. The highest BCUT2D eigenvalue weighted by atomic mass is 16.3. The topological polar surface area (TPSA) is 40.5 Å². The molecule has 25 heavy (non-hydrogen) atoms. The van der Waals surface area contributed by atoms with Crippen LogP contribution in [0.15, 0.2) is 72.8 Å². The van der Waals surface area contributed by atoms with Crippen LogP contribution in [-0.2, 0) is 12.8 Å². The molecule has 0 fully saturated rings. The summed E-state index contributed by atoms with van der Waals surface area (Å²) in [5.41, 5.74) is 2.31. The number of rotatable bonds is 10. The summed E-state index contributed by atoms with van der Waals surface area (Å²) in [5.74, 6) is 0. The summed E-state index contributed by atoms with van der Waals surface area (Å²) < 4.78 is 0. The number of benzene rings is 2. The van der Waals surface area contributed by atoms with Gasteiger partial charge in [-0.2, -0.15) is 0 Å². The minimum atomic E-state index is -0.913. The average molecular weight is 338 g/mol.